The van der Waals surface area contributed by atoms with Crippen molar-refractivity contribution in [3.05, 3.63) is 144 Å². The van der Waals surface area contributed by atoms with E-state index in [0.717, 1.165) is 0 Å². The van der Waals surface area contributed by atoms with E-state index in [9.17, 15) is 14.4 Å². The minimum atomic E-state index is -1.25. The number of benzene rings is 3. The van der Waals surface area contributed by atoms with Crippen LogP contribution in [0.5, 0.6) is 0 Å². The lowest BCUT2D eigenvalue weighted by molar-refractivity contribution is -0.0604. The summed E-state index contributed by atoms with van der Waals surface area (Å²) in [4.78, 5) is 48.9. The first-order valence-electron chi connectivity index (χ1n) is 14.9. The van der Waals surface area contributed by atoms with E-state index in [-0.39, 0.29) is 22.8 Å². The second-order valence-corrected chi connectivity index (χ2v) is 11.2. The molecular weight excluding hydrogens is 638 g/mol. The quantitative estimate of drug-likeness (QED) is 0.124. The molecule has 0 bridgehead atoms. The summed E-state index contributed by atoms with van der Waals surface area (Å²) >= 11 is 6.79. The van der Waals surface area contributed by atoms with Gasteiger partial charge in [0.15, 0.2) is 18.4 Å². The number of furan rings is 1. The highest BCUT2D eigenvalue weighted by atomic mass is 35.5. The Labute approximate surface area is 278 Å². The van der Waals surface area contributed by atoms with Gasteiger partial charge in [0.2, 0.25) is 0 Å². The van der Waals surface area contributed by atoms with Gasteiger partial charge in [-0.2, -0.15) is 0 Å². The second kappa shape index (κ2) is 13.5. The summed E-state index contributed by atoms with van der Waals surface area (Å²) in [6, 6.07) is 26.9. The van der Waals surface area contributed by atoms with Gasteiger partial charge in [0.1, 0.15) is 24.7 Å². The molecule has 3 aromatic carbocycles. The molecule has 0 spiro atoms. The van der Waals surface area contributed by atoms with Crippen molar-refractivity contribution in [3.8, 4) is 11.3 Å². The van der Waals surface area contributed by atoms with Crippen LogP contribution in [0.15, 0.2) is 127 Å². The summed E-state index contributed by atoms with van der Waals surface area (Å²) in [6.45, 7) is -0.335. The molecule has 1 saturated heterocycles. The van der Waals surface area contributed by atoms with Gasteiger partial charge >= 0.3 is 17.9 Å². The average molecular weight is 664 g/mol. The number of carbonyl (C=O) groups is 3. The number of fused-ring (bicyclic) bond motifs is 1. The molecule has 240 valence electrons. The molecule has 0 unspecified atom stereocenters. The molecular formula is C36H26ClN3O8. The van der Waals surface area contributed by atoms with E-state index in [1.807, 2.05) is 0 Å². The lowest BCUT2D eigenvalue weighted by Crippen LogP contribution is -2.41. The number of aromatic nitrogens is 3. The van der Waals surface area contributed by atoms with Crippen molar-refractivity contribution in [2.75, 3.05) is 6.61 Å². The highest BCUT2D eigenvalue weighted by Gasteiger charge is 2.52. The van der Waals surface area contributed by atoms with Crippen LogP contribution >= 0.6 is 11.6 Å². The lowest BCUT2D eigenvalue weighted by atomic mass is 10.1. The molecule has 1 fully saturated rings. The van der Waals surface area contributed by atoms with Crippen LogP contribution in [0.4, 0.5) is 0 Å². The van der Waals surface area contributed by atoms with E-state index in [1.54, 1.807) is 108 Å². The van der Waals surface area contributed by atoms with E-state index in [2.05, 4.69) is 9.97 Å². The molecule has 4 atom stereocenters. The second-order valence-electron chi connectivity index (χ2n) is 10.8. The topological polar surface area (TPSA) is 132 Å². The summed E-state index contributed by atoms with van der Waals surface area (Å²) in [7, 11) is 0. The molecule has 6 aromatic rings. The monoisotopic (exact) mass is 663 g/mol. The molecule has 11 nitrogen and oxygen atoms in total. The smallest absolute Gasteiger partial charge is 0.338 e. The third kappa shape index (κ3) is 6.16. The first kappa shape index (κ1) is 30.9. The van der Waals surface area contributed by atoms with Gasteiger partial charge in [0.25, 0.3) is 0 Å². The minimum Gasteiger partial charge on any atom is -0.472 e. The van der Waals surface area contributed by atoms with Crippen LogP contribution in [-0.2, 0) is 18.9 Å². The Kier molecular flexibility index (Phi) is 8.69. The summed E-state index contributed by atoms with van der Waals surface area (Å²) in [6.07, 6.45) is 1.30. The van der Waals surface area contributed by atoms with Crippen molar-refractivity contribution in [1.29, 1.82) is 0 Å². The largest absolute Gasteiger partial charge is 0.472 e. The molecule has 4 heterocycles. The SMILES string of the molecule is O=C(OC[C@H]1O[C@@H](n2cc(Cl)c3c(-c4ccoc4)ncnc32)[C@H](OC(=O)c2ccccc2)[C@@H]1OC(=O)c1ccccc1)c1ccccc1. The lowest BCUT2D eigenvalue weighted by Gasteiger charge is -2.25. The van der Waals surface area contributed by atoms with E-state index in [1.165, 1.54) is 18.9 Å². The summed E-state index contributed by atoms with van der Waals surface area (Å²) in [5, 5.41) is 0.782. The number of carbonyl (C=O) groups excluding carboxylic acids is 3. The van der Waals surface area contributed by atoms with E-state index in [0.29, 0.717) is 27.9 Å². The molecule has 0 radical (unpaired) electrons. The molecule has 7 rings (SSSR count). The van der Waals surface area contributed by atoms with Crippen LogP contribution in [0.1, 0.15) is 37.3 Å². The fraction of sp³-hybridized carbons (Fsp3) is 0.139. The highest BCUT2D eigenvalue weighted by molar-refractivity contribution is 6.36. The van der Waals surface area contributed by atoms with E-state index >= 15 is 0 Å². The van der Waals surface area contributed by atoms with Gasteiger partial charge in [-0.3, -0.25) is 0 Å². The number of hydrogen-bond acceptors (Lipinski definition) is 10. The van der Waals surface area contributed by atoms with Crippen LogP contribution < -0.4 is 0 Å². The molecule has 1 aliphatic heterocycles. The van der Waals surface area contributed by atoms with Gasteiger partial charge in [-0.25, -0.2) is 24.4 Å². The van der Waals surface area contributed by atoms with Crippen molar-refractivity contribution in [1.82, 2.24) is 14.5 Å². The zero-order chi connectivity index (χ0) is 33.0. The fourth-order valence-electron chi connectivity index (χ4n) is 5.53. The van der Waals surface area contributed by atoms with Gasteiger partial charge in [0.05, 0.1) is 45.3 Å². The maximum atomic E-state index is 13.5. The van der Waals surface area contributed by atoms with Crippen molar-refractivity contribution in [3.63, 3.8) is 0 Å². The van der Waals surface area contributed by atoms with Gasteiger partial charge in [0, 0.05) is 11.8 Å². The number of nitrogens with zero attached hydrogens (tertiary/aromatic N) is 3. The molecule has 0 N–H and O–H groups in total. The Balaban J connectivity index is 1.30. The Bertz CT molecular complexity index is 2050. The number of esters is 3. The first-order valence-corrected chi connectivity index (χ1v) is 15.3. The fourth-order valence-corrected chi connectivity index (χ4v) is 5.81. The molecule has 48 heavy (non-hydrogen) atoms. The van der Waals surface area contributed by atoms with Crippen LogP contribution in [0, 0.1) is 0 Å². The van der Waals surface area contributed by atoms with Crippen LogP contribution in [-0.4, -0.2) is 57.4 Å². The van der Waals surface area contributed by atoms with Crippen molar-refractivity contribution in [2.24, 2.45) is 0 Å². The zero-order valence-electron chi connectivity index (χ0n) is 25.0. The van der Waals surface area contributed by atoms with E-state index < -0.39 is 42.4 Å². The number of halogens is 1. The van der Waals surface area contributed by atoms with Gasteiger partial charge in [-0.15, -0.1) is 0 Å². The Morgan fingerprint density at radius 1 is 0.750 bits per heavy atom. The summed E-state index contributed by atoms with van der Waals surface area (Å²) in [5.41, 5.74) is 2.38. The summed E-state index contributed by atoms with van der Waals surface area (Å²) in [5.74, 6) is -1.99. The Morgan fingerprint density at radius 2 is 1.33 bits per heavy atom. The highest BCUT2D eigenvalue weighted by Crippen LogP contribution is 2.40. The third-order valence-corrected chi connectivity index (χ3v) is 8.10. The van der Waals surface area contributed by atoms with Crippen LogP contribution in [0.25, 0.3) is 22.3 Å². The Morgan fingerprint density at radius 3 is 1.92 bits per heavy atom. The normalized spacial score (nSPS) is 18.8. The van der Waals surface area contributed by atoms with Crippen LogP contribution in [0.2, 0.25) is 5.02 Å². The standard InChI is InChI=1S/C36H26ClN3O8/c37-26-18-40(32-28(26)29(38-21-39-32)25-16-17-44-19-25)33-31(48-36(43)24-14-8-3-9-15-24)30(47-35(42)23-12-6-2-7-13-23)27(46-33)20-45-34(41)22-10-4-1-5-11-22/h1-19,21,27,30-31,33H,20H2/t27-,30-,31-,33-/m1/s1. The van der Waals surface area contributed by atoms with E-state index in [4.69, 9.17) is 35.0 Å². The third-order valence-electron chi connectivity index (χ3n) is 7.81. The summed E-state index contributed by atoms with van der Waals surface area (Å²) < 4.78 is 31.1. The molecule has 0 aliphatic carbocycles. The van der Waals surface area contributed by atoms with Crippen molar-refractivity contribution >= 4 is 40.5 Å². The number of ether oxygens (including phenoxy) is 4. The zero-order valence-corrected chi connectivity index (χ0v) is 25.8. The minimum absolute atomic E-state index is 0.265. The van der Waals surface area contributed by atoms with Gasteiger partial charge in [-0.05, 0) is 42.5 Å². The van der Waals surface area contributed by atoms with Crippen molar-refractivity contribution < 1.29 is 37.7 Å². The Hall–Kier alpha value is -5.78. The maximum Gasteiger partial charge on any atom is 0.338 e. The molecule has 1 aliphatic rings. The molecule has 3 aromatic heterocycles. The molecule has 0 saturated carbocycles. The molecule has 0 amide bonds. The maximum absolute atomic E-state index is 13.5. The predicted molar refractivity (Wildman–Crippen MR) is 172 cm³/mol. The predicted octanol–water partition coefficient (Wildman–Crippen LogP) is 6.55. The van der Waals surface area contributed by atoms with Gasteiger partial charge < -0.3 is 27.9 Å². The molecule has 12 heteroatoms. The average Bonchev–Trinajstić information content (AvgIpc) is 3.87. The number of hydrogen-bond donors (Lipinski definition) is 0. The van der Waals surface area contributed by atoms with Crippen molar-refractivity contribution in [2.45, 2.75) is 24.5 Å². The van der Waals surface area contributed by atoms with Crippen LogP contribution in [0.3, 0.4) is 0 Å². The first-order chi connectivity index (χ1) is 23.5. The number of rotatable bonds is 9. The van der Waals surface area contributed by atoms with Gasteiger partial charge in [-0.1, -0.05) is 66.2 Å².